The third-order valence-corrected chi connectivity index (χ3v) is 5.05. The first-order valence-electron chi connectivity index (χ1n) is 9.34. The maximum Gasteiger partial charge on any atom is 0.243 e. The lowest BCUT2D eigenvalue weighted by atomic mass is 10.2. The van der Waals surface area contributed by atoms with Crippen LogP contribution in [0.25, 0.3) is 0 Å². The van der Waals surface area contributed by atoms with E-state index in [1.54, 1.807) is 0 Å². The largest absolute Gasteiger partial charge is 0.339 e. The molecule has 25 heavy (non-hydrogen) atoms. The number of rotatable bonds is 7. The van der Waals surface area contributed by atoms with Gasteiger partial charge in [0, 0.05) is 38.5 Å². The molecule has 1 aliphatic heterocycles. The molecule has 0 N–H and O–H groups in total. The first kappa shape index (κ1) is 16.7. The molecule has 2 aliphatic rings. The molecule has 0 radical (unpaired) electrons. The van der Waals surface area contributed by atoms with E-state index in [0.29, 0.717) is 5.92 Å². The van der Waals surface area contributed by atoms with Gasteiger partial charge in [-0.25, -0.2) is 0 Å². The van der Waals surface area contributed by atoms with Crippen molar-refractivity contribution in [1.29, 1.82) is 0 Å². The molecule has 0 spiro atoms. The van der Waals surface area contributed by atoms with Crippen molar-refractivity contribution < 1.29 is 9.05 Å². The Morgan fingerprint density at radius 3 is 2.60 bits per heavy atom. The Morgan fingerprint density at radius 1 is 1.08 bits per heavy atom. The summed E-state index contributed by atoms with van der Waals surface area (Å²) >= 11 is 0. The molecule has 0 amide bonds. The van der Waals surface area contributed by atoms with Crippen LogP contribution in [0, 0.1) is 0 Å². The fourth-order valence-electron chi connectivity index (χ4n) is 3.26. The normalized spacial score (nSPS) is 20.9. The van der Waals surface area contributed by atoms with Gasteiger partial charge in [0.2, 0.25) is 11.8 Å². The summed E-state index contributed by atoms with van der Waals surface area (Å²) in [5.41, 5.74) is 0. The quantitative estimate of drug-likeness (QED) is 0.754. The summed E-state index contributed by atoms with van der Waals surface area (Å²) in [7, 11) is 0. The molecule has 1 saturated carbocycles. The standard InChI is InChI=1S/C17H26N6O2/c1-3-4-15-18-14(20-24-15)11-22-7-9-23(10-8-22)12(2)17-19-16(21-25-17)13-5-6-13/h12-13H,3-11H2,1-2H3/t12-/m0/s1. The lowest BCUT2D eigenvalue weighted by molar-refractivity contribution is 0.0827. The molecule has 0 bridgehead atoms. The summed E-state index contributed by atoms with van der Waals surface area (Å²) in [5.74, 6) is 3.70. The van der Waals surface area contributed by atoms with Crippen molar-refractivity contribution >= 4 is 0 Å². The van der Waals surface area contributed by atoms with Gasteiger partial charge in [0.1, 0.15) is 0 Å². The average molecular weight is 346 g/mol. The summed E-state index contributed by atoms with van der Waals surface area (Å²) in [6.07, 6.45) is 4.27. The molecule has 2 aromatic rings. The highest BCUT2D eigenvalue weighted by Crippen LogP contribution is 2.38. The fraction of sp³-hybridized carbons (Fsp3) is 0.765. The Balaban J connectivity index is 1.28. The van der Waals surface area contributed by atoms with E-state index >= 15 is 0 Å². The van der Waals surface area contributed by atoms with Gasteiger partial charge in [0.25, 0.3) is 0 Å². The highest BCUT2D eigenvalue weighted by atomic mass is 16.5. The van der Waals surface area contributed by atoms with E-state index < -0.39 is 0 Å². The monoisotopic (exact) mass is 346 g/mol. The van der Waals surface area contributed by atoms with Crippen LogP contribution in [0.4, 0.5) is 0 Å². The Labute approximate surface area is 147 Å². The van der Waals surface area contributed by atoms with E-state index in [4.69, 9.17) is 9.05 Å². The lowest BCUT2D eigenvalue weighted by Crippen LogP contribution is -2.46. The fourth-order valence-corrected chi connectivity index (χ4v) is 3.26. The number of hydrogen-bond donors (Lipinski definition) is 0. The first-order chi connectivity index (χ1) is 12.2. The molecule has 0 unspecified atom stereocenters. The third kappa shape index (κ3) is 3.90. The van der Waals surface area contributed by atoms with Crippen molar-refractivity contribution in [2.75, 3.05) is 26.2 Å². The van der Waals surface area contributed by atoms with Crippen LogP contribution in [-0.4, -0.2) is 56.3 Å². The van der Waals surface area contributed by atoms with Crippen LogP contribution in [0.15, 0.2) is 9.05 Å². The van der Waals surface area contributed by atoms with Gasteiger partial charge in [0.05, 0.1) is 12.6 Å². The van der Waals surface area contributed by atoms with Crippen LogP contribution in [0.1, 0.15) is 68.5 Å². The smallest absolute Gasteiger partial charge is 0.243 e. The summed E-state index contributed by atoms with van der Waals surface area (Å²) in [6.45, 7) is 8.92. The maximum absolute atomic E-state index is 5.48. The second-order valence-electron chi connectivity index (χ2n) is 7.11. The molecular weight excluding hydrogens is 320 g/mol. The van der Waals surface area contributed by atoms with Crippen LogP contribution in [0.2, 0.25) is 0 Å². The topological polar surface area (TPSA) is 84.3 Å². The highest BCUT2D eigenvalue weighted by Gasteiger charge is 2.31. The Kier molecular flexibility index (Phi) is 4.80. The van der Waals surface area contributed by atoms with Gasteiger partial charge in [-0.2, -0.15) is 9.97 Å². The van der Waals surface area contributed by atoms with Crippen LogP contribution < -0.4 is 0 Å². The highest BCUT2D eigenvalue weighted by molar-refractivity contribution is 5.05. The van der Waals surface area contributed by atoms with Crippen LogP contribution in [0.5, 0.6) is 0 Å². The van der Waals surface area contributed by atoms with E-state index in [0.717, 1.165) is 69.0 Å². The Bertz CT molecular complexity index is 687. The van der Waals surface area contributed by atoms with Crippen LogP contribution >= 0.6 is 0 Å². The molecule has 4 rings (SSSR count). The van der Waals surface area contributed by atoms with Gasteiger partial charge in [-0.1, -0.05) is 17.2 Å². The van der Waals surface area contributed by atoms with Gasteiger partial charge in [-0.05, 0) is 26.2 Å². The minimum atomic E-state index is 0.170. The van der Waals surface area contributed by atoms with Crippen LogP contribution in [0.3, 0.4) is 0 Å². The van der Waals surface area contributed by atoms with E-state index in [-0.39, 0.29) is 6.04 Å². The maximum atomic E-state index is 5.48. The van der Waals surface area contributed by atoms with Crippen molar-refractivity contribution in [1.82, 2.24) is 30.1 Å². The van der Waals surface area contributed by atoms with Gasteiger partial charge in [-0.15, -0.1) is 0 Å². The number of piperazine rings is 1. The molecule has 1 atom stereocenters. The molecule has 136 valence electrons. The molecule has 8 heteroatoms. The number of aryl methyl sites for hydroxylation is 1. The molecule has 8 nitrogen and oxygen atoms in total. The molecular formula is C17H26N6O2. The molecule has 1 saturated heterocycles. The zero-order chi connectivity index (χ0) is 17.2. The van der Waals surface area contributed by atoms with E-state index in [2.05, 4.69) is 43.9 Å². The summed E-state index contributed by atoms with van der Waals surface area (Å²) in [5, 5.41) is 8.21. The molecule has 0 aromatic carbocycles. The zero-order valence-electron chi connectivity index (χ0n) is 15.0. The van der Waals surface area contributed by atoms with Crippen molar-refractivity contribution in [2.45, 2.75) is 58.0 Å². The first-order valence-corrected chi connectivity index (χ1v) is 9.34. The number of hydrogen-bond acceptors (Lipinski definition) is 8. The SMILES string of the molecule is CCCc1nc(CN2CCN([C@@H](C)c3nc(C4CC4)no3)CC2)no1. The van der Waals surface area contributed by atoms with Crippen molar-refractivity contribution in [3.05, 3.63) is 23.4 Å². The van der Waals surface area contributed by atoms with Gasteiger partial charge in [0.15, 0.2) is 11.6 Å². The molecule has 1 aliphatic carbocycles. The third-order valence-electron chi connectivity index (χ3n) is 5.05. The molecule has 3 heterocycles. The van der Waals surface area contributed by atoms with E-state index in [9.17, 15) is 0 Å². The van der Waals surface area contributed by atoms with Crippen molar-refractivity contribution in [3.63, 3.8) is 0 Å². The summed E-state index contributed by atoms with van der Waals surface area (Å²) in [6, 6.07) is 0.170. The van der Waals surface area contributed by atoms with Gasteiger partial charge < -0.3 is 9.05 Å². The average Bonchev–Trinajstić information content (AvgIpc) is 3.19. The van der Waals surface area contributed by atoms with Crippen LogP contribution in [-0.2, 0) is 13.0 Å². The van der Waals surface area contributed by atoms with Crippen molar-refractivity contribution in [2.24, 2.45) is 0 Å². The summed E-state index contributed by atoms with van der Waals surface area (Å²) < 4.78 is 10.7. The minimum Gasteiger partial charge on any atom is -0.339 e. The minimum absolute atomic E-state index is 0.170. The number of nitrogens with zero attached hydrogens (tertiary/aromatic N) is 6. The van der Waals surface area contributed by atoms with Gasteiger partial charge in [-0.3, -0.25) is 9.80 Å². The predicted molar refractivity (Wildman–Crippen MR) is 89.8 cm³/mol. The summed E-state index contributed by atoms with van der Waals surface area (Å²) in [4.78, 5) is 13.8. The second kappa shape index (κ2) is 7.21. The number of aromatic nitrogens is 4. The van der Waals surface area contributed by atoms with Gasteiger partial charge >= 0.3 is 0 Å². The van der Waals surface area contributed by atoms with E-state index in [1.807, 2.05) is 0 Å². The Morgan fingerprint density at radius 2 is 1.88 bits per heavy atom. The lowest BCUT2D eigenvalue weighted by Gasteiger charge is -2.36. The molecule has 2 aromatic heterocycles. The molecule has 2 fully saturated rings. The van der Waals surface area contributed by atoms with Crippen molar-refractivity contribution in [3.8, 4) is 0 Å². The predicted octanol–water partition coefficient (Wildman–Crippen LogP) is 2.16. The van der Waals surface area contributed by atoms with E-state index in [1.165, 1.54) is 12.8 Å². The zero-order valence-corrected chi connectivity index (χ0v) is 15.0. The Hall–Kier alpha value is -1.80. The second-order valence-corrected chi connectivity index (χ2v) is 7.11.